The van der Waals surface area contributed by atoms with Gasteiger partial charge in [-0.15, -0.1) is 0 Å². The van der Waals surface area contributed by atoms with Crippen LogP contribution in [-0.4, -0.2) is 35.5 Å². The van der Waals surface area contributed by atoms with E-state index < -0.39 is 17.7 Å². The summed E-state index contributed by atoms with van der Waals surface area (Å²) < 4.78 is 11.0. The van der Waals surface area contributed by atoms with Crippen molar-refractivity contribution in [1.82, 2.24) is 4.98 Å². The molecule has 34 heavy (non-hydrogen) atoms. The van der Waals surface area contributed by atoms with E-state index in [2.05, 4.69) is 4.98 Å². The van der Waals surface area contributed by atoms with Gasteiger partial charge in [0, 0.05) is 11.9 Å². The maximum Gasteiger partial charge on any atom is 0.300 e. The van der Waals surface area contributed by atoms with E-state index in [9.17, 15) is 14.7 Å². The van der Waals surface area contributed by atoms with E-state index in [0.717, 1.165) is 11.1 Å². The molecular weight excluding hydrogens is 432 g/mol. The number of aryl methyl sites for hydroxylation is 2. The highest BCUT2D eigenvalue weighted by Gasteiger charge is 2.48. The molecule has 3 aromatic rings. The van der Waals surface area contributed by atoms with Gasteiger partial charge in [-0.2, -0.15) is 0 Å². The van der Waals surface area contributed by atoms with Crippen molar-refractivity contribution in [3.05, 3.63) is 88.8 Å². The third-order valence-corrected chi connectivity index (χ3v) is 5.72. The summed E-state index contributed by atoms with van der Waals surface area (Å²) in [6, 6.07) is 14.9. The lowest BCUT2D eigenvalue weighted by Gasteiger charge is -2.25. The number of methoxy groups -OCH3 is 1. The molecule has 1 N–H and O–H groups in total. The van der Waals surface area contributed by atoms with Gasteiger partial charge in [-0.05, 0) is 74.4 Å². The van der Waals surface area contributed by atoms with Gasteiger partial charge in [-0.1, -0.05) is 12.1 Å². The Morgan fingerprint density at radius 3 is 2.44 bits per heavy atom. The molecule has 1 aromatic heterocycles. The van der Waals surface area contributed by atoms with Crippen LogP contribution in [0.25, 0.3) is 5.76 Å². The molecule has 7 heteroatoms. The van der Waals surface area contributed by atoms with Crippen LogP contribution in [0.15, 0.2) is 66.4 Å². The number of pyridine rings is 1. The number of aliphatic hydroxyl groups is 1. The van der Waals surface area contributed by atoms with Crippen molar-refractivity contribution in [1.29, 1.82) is 0 Å². The standard InChI is InChI=1S/C27H26N2O5/c1-5-34-19-11-9-18(10-12-19)29-23(21-8-6-7-13-28-21)22(25(31)27(29)32)24(30)20-15-16(2)14-17(3)26(20)33-4/h6-15,23,30H,5H2,1-4H3/b24-22+. The molecule has 0 radical (unpaired) electrons. The first-order valence-electron chi connectivity index (χ1n) is 11.0. The minimum atomic E-state index is -0.912. The monoisotopic (exact) mass is 458 g/mol. The van der Waals surface area contributed by atoms with E-state index in [0.29, 0.717) is 35.1 Å². The van der Waals surface area contributed by atoms with E-state index >= 15 is 0 Å². The van der Waals surface area contributed by atoms with Crippen LogP contribution >= 0.6 is 0 Å². The zero-order chi connectivity index (χ0) is 24.4. The lowest BCUT2D eigenvalue weighted by atomic mass is 9.95. The van der Waals surface area contributed by atoms with Crippen molar-refractivity contribution < 1.29 is 24.2 Å². The van der Waals surface area contributed by atoms with Gasteiger partial charge in [0.25, 0.3) is 11.7 Å². The Morgan fingerprint density at radius 1 is 1.09 bits per heavy atom. The highest BCUT2D eigenvalue weighted by atomic mass is 16.5. The highest BCUT2D eigenvalue weighted by molar-refractivity contribution is 6.51. The molecule has 1 amide bonds. The number of hydrogen-bond acceptors (Lipinski definition) is 6. The van der Waals surface area contributed by atoms with Crippen LogP contribution in [0.5, 0.6) is 11.5 Å². The first-order valence-corrected chi connectivity index (χ1v) is 11.0. The molecule has 1 fully saturated rings. The third-order valence-electron chi connectivity index (χ3n) is 5.72. The molecule has 1 aliphatic rings. The van der Waals surface area contributed by atoms with E-state index in [1.54, 1.807) is 54.7 Å². The van der Waals surface area contributed by atoms with Gasteiger partial charge in [0.05, 0.1) is 30.5 Å². The van der Waals surface area contributed by atoms with Crippen LogP contribution in [-0.2, 0) is 9.59 Å². The molecule has 0 saturated carbocycles. The molecule has 1 atom stereocenters. The molecule has 4 rings (SSSR count). The summed E-state index contributed by atoms with van der Waals surface area (Å²) in [5, 5.41) is 11.4. The van der Waals surface area contributed by atoms with Crippen LogP contribution in [0.2, 0.25) is 0 Å². The summed E-state index contributed by atoms with van der Waals surface area (Å²) >= 11 is 0. The van der Waals surface area contributed by atoms with E-state index in [1.807, 2.05) is 26.8 Å². The molecule has 1 aliphatic heterocycles. The first-order chi connectivity index (χ1) is 16.4. The maximum atomic E-state index is 13.3. The SMILES string of the molecule is CCOc1ccc(N2C(=O)C(=O)/C(=C(/O)c3cc(C)cc(C)c3OC)C2c2ccccn2)cc1. The van der Waals surface area contributed by atoms with Crippen LogP contribution in [0.1, 0.15) is 35.3 Å². The zero-order valence-electron chi connectivity index (χ0n) is 19.5. The molecule has 2 aromatic carbocycles. The lowest BCUT2D eigenvalue weighted by Crippen LogP contribution is -2.29. The van der Waals surface area contributed by atoms with E-state index in [4.69, 9.17) is 9.47 Å². The van der Waals surface area contributed by atoms with Gasteiger partial charge in [0.2, 0.25) is 0 Å². The number of aliphatic hydroxyl groups excluding tert-OH is 1. The van der Waals surface area contributed by atoms with Gasteiger partial charge < -0.3 is 14.6 Å². The summed E-state index contributed by atoms with van der Waals surface area (Å²) in [4.78, 5) is 32.4. The van der Waals surface area contributed by atoms with Crippen LogP contribution in [0.4, 0.5) is 5.69 Å². The normalized spacial score (nSPS) is 17.2. The van der Waals surface area contributed by atoms with Crippen molar-refractivity contribution >= 4 is 23.1 Å². The Balaban J connectivity index is 1.94. The summed E-state index contributed by atoms with van der Waals surface area (Å²) in [5.41, 5.74) is 2.95. The molecule has 2 heterocycles. The van der Waals surface area contributed by atoms with E-state index in [1.165, 1.54) is 12.0 Å². The van der Waals surface area contributed by atoms with Gasteiger partial charge in [-0.3, -0.25) is 19.5 Å². The first kappa shape index (κ1) is 23.0. The third kappa shape index (κ3) is 4.01. The number of carbonyl (C=O) groups is 2. The number of anilines is 1. The average Bonchev–Trinajstić information content (AvgIpc) is 3.10. The van der Waals surface area contributed by atoms with Gasteiger partial charge in [0.15, 0.2) is 0 Å². The molecule has 1 unspecified atom stereocenters. The zero-order valence-corrected chi connectivity index (χ0v) is 19.5. The Labute approximate surface area is 198 Å². The quantitative estimate of drug-likeness (QED) is 0.326. The topological polar surface area (TPSA) is 89.0 Å². The Bertz CT molecular complexity index is 1270. The minimum Gasteiger partial charge on any atom is -0.507 e. The smallest absolute Gasteiger partial charge is 0.300 e. The number of rotatable bonds is 6. The maximum absolute atomic E-state index is 13.3. The van der Waals surface area contributed by atoms with Crippen molar-refractivity contribution in [2.75, 3.05) is 18.6 Å². The van der Waals surface area contributed by atoms with E-state index in [-0.39, 0.29) is 11.3 Å². The molecule has 174 valence electrons. The summed E-state index contributed by atoms with van der Waals surface area (Å²) in [6.45, 7) is 6.14. The van der Waals surface area contributed by atoms with Crippen molar-refractivity contribution in [3.63, 3.8) is 0 Å². The average molecular weight is 459 g/mol. The second-order valence-electron chi connectivity index (χ2n) is 8.01. The molecule has 1 saturated heterocycles. The number of amides is 1. The predicted molar refractivity (Wildman–Crippen MR) is 129 cm³/mol. The second-order valence-corrected chi connectivity index (χ2v) is 8.01. The van der Waals surface area contributed by atoms with Crippen LogP contribution in [0, 0.1) is 13.8 Å². The summed E-state index contributed by atoms with van der Waals surface area (Å²) in [5.74, 6) is -0.744. The number of ketones is 1. The molecule has 0 spiro atoms. The van der Waals surface area contributed by atoms with Crippen molar-refractivity contribution in [2.45, 2.75) is 26.8 Å². The molecule has 0 bridgehead atoms. The lowest BCUT2D eigenvalue weighted by molar-refractivity contribution is -0.132. The number of Topliss-reactive ketones (excluding diaryl/α,β-unsaturated/α-hetero) is 1. The number of carbonyl (C=O) groups excluding carboxylic acids is 2. The molecule has 7 nitrogen and oxygen atoms in total. The number of ether oxygens (including phenoxy) is 2. The minimum absolute atomic E-state index is 0.0408. The summed E-state index contributed by atoms with van der Waals surface area (Å²) in [6.07, 6.45) is 1.59. The van der Waals surface area contributed by atoms with Gasteiger partial charge in [-0.25, -0.2) is 0 Å². The number of nitrogens with zero attached hydrogens (tertiary/aromatic N) is 2. The highest BCUT2D eigenvalue weighted by Crippen LogP contribution is 2.43. The van der Waals surface area contributed by atoms with Crippen LogP contribution in [0.3, 0.4) is 0 Å². The number of benzene rings is 2. The Morgan fingerprint density at radius 2 is 1.82 bits per heavy atom. The second kappa shape index (κ2) is 9.39. The summed E-state index contributed by atoms with van der Waals surface area (Å²) in [7, 11) is 1.50. The predicted octanol–water partition coefficient (Wildman–Crippen LogP) is 4.73. The number of aromatic nitrogens is 1. The van der Waals surface area contributed by atoms with Crippen LogP contribution < -0.4 is 14.4 Å². The van der Waals surface area contributed by atoms with Crippen molar-refractivity contribution in [3.8, 4) is 11.5 Å². The fourth-order valence-electron chi connectivity index (χ4n) is 4.33. The van der Waals surface area contributed by atoms with Crippen molar-refractivity contribution in [2.24, 2.45) is 0 Å². The van der Waals surface area contributed by atoms with Gasteiger partial charge >= 0.3 is 0 Å². The Hall–Kier alpha value is -4.13. The fourth-order valence-corrected chi connectivity index (χ4v) is 4.33. The van der Waals surface area contributed by atoms with Gasteiger partial charge in [0.1, 0.15) is 23.3 Å². The Kier molecular flexibility index (Phi) is 6.36. The molecule has 0 aliphatic carbocycles. The largest absolute Gasteiger partial charge is 0.507 e. The fraction of sp³-hybridized carbons (Fsp3) is 0.222. The molecular formula is C27H26N2O5. The number of hydrogen-bond donors (Lipinski definition) is 1.